The maximum absolute atomic E-state index is 4.55. The van der Waals surface area contributed by atoms with E-state index in [4.69, 9.17) is 0 Å². The first-order valence-electron chi connectivity index (χ1n) is 3.97. The summed E-state index contributed by atoms with van der Waals surface area (Å²) in [7, 11) is 0. The molecule has 2 atom stereocenters. The smallest absolute Gasteiger partial charge is 0.0541 e. The van der Waals surface area contributed by atoms with Crippen LogP contribution in [-0.2, 0) is 0 Å². The van der Waals surface area contributed by atoms with Gasteiger partial charge in [-0.25, -0.2) is 0 Å². The minimum absolute atomic E-state index is 0.0643. The summed E-state index contributed by atoms with van der Waals surface area (Å²) in [5, 5.41) is 0. The highest BCUT2D eigenvalue weighted by molar-refractivity contribution is 7.81. The average molecular weight is 169 g/mol. The first-order valence-corrected chi connectivity index (χ1v) is 4.42. The van der Waals surface area contributed by atoms with E-state index in [-0.39, 0.29) is 4.75 Å². The Bertz CT molecular complexity index is 204. The maximum atomic E-state index is 4.55. The number of aliphatic imine (C=N–C) groups is 1. The molecule has 0 radical (unpaired) electrons. The second-order valence-corrected chi connectivity index (χ2v) is 4.34. The van der Waals surface area contributed by atoms with Crippen LogP contribution in [-0.4, -0.2) is 17.0 Å². The van der Waals surface area contributed by atoms with Gasteiger partial charge in [0.15, 0.2) is 0 Å². The van der Waals surface area contributed by atoms with Crippen LogP contribution in [0.15, 0.2) is 17.1 Å². The number of thiol groups is 1. The van der Waals surface area contributed by atoms with Crippen LogP contribution in [0, 0.1) is 5.92 Å². The number of hydrogen-bond acceptors (Lipinski definition) is 2. The summed E-state index contributed by atoms with van der Waals surface area (Å²) >= 11 is 4.55. The number of hydrogen-bond donors (Lipinski definition) is 1. The number of nitrogens with zero attached hydrogens (tertiary/aromatic N) is 1. The average Bonchev–Trinajstić information content (AvgIpc) is 2.17. The second-order valence-electron chi connectivity index (χ2n) is 3.32. The summed E-state index contributed by atoms with van der Waals surface area (Å²) in [5.41, 5.74) is 1.19. The summed E-state index contributed by atoms with van der Waals surface area (Å²) in [6.07, 6.45) is 4.11. The molecule has 0 fully saturated rings. The molecular formula is C9H15NS. The van der Waals surface area contributed by atoms with Gasteiger partial charge >= 0.3 is 0 Å². The van der Waals surface area contributed by atoms with Crippen molar-refractivity contribution >= 4 is 18.3 Å². The topological polar surface area (TPSA) is 12.4 Å². The largest absolute Gasteiger partial charge is 0.288 e. The predicted molar refractivity (Wildman–Crippen MR) is 53.7 cm³/mol. The highest BCUT2D eigenvalue weighted by atomic mass is 32.1. The van der Waals surface area contributed by atoms with Gasteiger partial charge in [-0.3, -0.25) is 4.99 Å². The Morgan fingerprint density at radius 3 is 2.73 bits per heavy atom. The lowest BCUT2D eigenvalue weighted by molar-refractivity contribution is 0.594. The molecule has 1 heterocycles. The van der Waals surface area contributed by atoms with E-state index in [2.05, 4.69) is 37.5 Å². The molecule has 0 aromatic heterocycles. The standard InChI is InChI=1S/C9H15NS/c1-4-5-8-7(2)9(3,11)6-10-8/h4-5,7,11H,6H2,1-3H3/b5-4+. The van der Waals surface area contributed by atoms with Crippen molar-refractivity contribution in [3.8, 4) is 0 Å². The van der Waals surface area contributed by atoms with Gasteiger partial charge < -0.3 is 0 Å². The first kappa shape index (κ1) is 8.85. The van der Waals surface area contributed by atoms with Gasteiger partial charge in [0.25, 0.3) is 0 Å². The molecule has 1 aliphatic rings. The molecule has 0 aromatic carbocycles. The zero-order valence-electron chi connectivity index (χ0n) is 7.33. The van der Waals surface area contributed by atoms with E-state index >= 15 is 0 Å². The van der Waals surface area contributed by atoms with E-state index in [1.54, 1.807) is 0 Å². The van der Waals surface area contributed by atoms with Gasteiger partial charge in [-0.15, -0.1) is 0 Å². The lowest BCUT2D eigenvalue weighted by atomic mass is 9.93. The van der Waals surface area contributed by atoms with Gasteiger partial charge in [0, 0.05) is 16.4 Å². The van der Waals surface area contributed by atoms with Gasteiger partial charge in [0.2, 0.25) is 0 Å². The molecule has 1 rings (SSSR count). The van der Waals surface area contributed by atoms with E-state index in [0.29, 0.717) is 5.92 Å². The van der Waals surface area contributed by atoms with Crippen molar-refractivity contribution in [2.24, 2.45) is 10.9 Å². The van der Waals surface area contributed by atoms with E-state index in [1.165, 1.54) is 5.71 Å². The van der Waals surface area contributed by atoms with Gasteiger partial charge in [0.05, 0.1) is 6.54 Å². The minimum atomic E-state index is 0.0643. The zero-order chi connectivity index (χ0) is 8.48. The SMILES string of the molecule is C/C=C/C1=NCC(C)(S)C1C. The Hall–Kier alpha value is -0.240. The molecule has 1 nitrogen and oxygen atoms in total. The van der Waals surface area contributed by atoms with E-state index < -0.39 is 0 Å². The third kappa shape index (κ3) is 1.67. The van der Waals surface area contributed by atoms with Gasteiger partial charge in [0.1, 0.15) is 0 Å². The predicted octanol–water partition coefficient (Wildman–Crippen LogP) is 2.34. The van der Waals surface area contributed by atoms with Crippen LogP contribution < -0.4 is 0 Å². The van der Waals surface area contributed by atoms with Crippen LogP contribution in [0.25, 0.3) is 0 Å². The van der Waals surface area contributed by atoms with Gasteiger partial charge in [-0.05, 0) is 19.9 Å². The fourth-order valence-electron chi connectivity index (χ4n) is 1.21. The van der Waals surface area contributed by atoms with Crippen molar-refractivity contribution in [3.63, 3.8) is 0 Å². The Morgan fingerprint density at radius 2 is 2.36 bits per heavy atom. The Morgan fingerprint density at radius 1 is 1.73 bits per heavy atom. The molecule has 2 heteroatoms. The monoisotopic (exact) mass is 169 g/mol. The fraction of sp³-hybridized carbons (Fsp3) is 0.667. The molecule has 1 aliphatic heterocycles. The van der Waals surface area contributed by atoms with Crippen molar-refractivity contribution in [1.82, 2.24) is 0 Å². The first-order chi connectivity index (χ1) is 5.08. The zero-order valence-corrected chi connectivity index (χ0v) is 8.23. The molecule has 0 saturated carbocycles. The summed E-state index contributed by atoms with van der Waals surface area (Å²) in [6, 6.07) is 0. The molecule has 0 amide bonds. The van der Waals surface area contributed by atoms with E-state index in [9.17, 15) is 0 Å². The Balaban J connectivity index is 2.74. The van der Waals surface area contributed by atoms with Crippen molar-refractivity contribution in [3.05, 3.63) is 12.2 Å². The van der Waals surface area contributed by atoms with Crippen LogP contribution in [0.2, 0.25) is 0 Å². The fourth-order valence-corrected chi connectivity index (χ4v) is 1.41. The summed E-state index contributed by atoms with van der Waals surface area (Å²) in [6.45, 7) is 7.18. The lowest BCUT2D eigenvalue weighted by Gasteiger charge is -2.21. The van der Waals surface area contributed by atoms with Crippen LogP contribution in [0.3, 0.4) is 0 Å². The maximum Gasteiger partial charge on any atom is 0.0541 e. The molecule has 0 saturated heterocycles. The molecule has 62 valence electrons. The second kappa shape index (κ2) is 3.02. The highest BCUT2D eigenvalue weighted by Gasteiger charge is 2.34. The van der Waals surface area contributed by atoms with Crippen LogP contribution in [0.5, 0.6) is 0 Å². The molecule has 11 heavy (non-hydrogen) atoms. The Kier molecular flexibility index (Phi) is 2.43. The highest BCUT2D eigenvalue weighted by Crippen LogP contribution is 2.31. The molecule has 0 bridgehead atoms. The third-order valence-electron chi connectivity index (χ3n) is 2.30. The summed E-state index contributed by atoms with van der Waals surface area (Å²) in [4.78, 5) is 4.41. The number of rotatable bonds is 1. The van der Waals surface area contributed by atoms with Gasteiger partial charge in [-0.2, -0.15) is 12.6 Å². The van der Waals surface area contributed by atoms with E-state index in [1.807, 2.05) is 13.0 Å². The molecule has 2 unspecified atom stereocenters. The normalized spacial score (nSPS) is 38.2. The van der Waals surface area contributed by atoms with Gasteiger partial charge in [-0.1, -0.05) is 13.0 Å². The molecule has 0 aliphatic carbocycles. The minimum Gasteiger partial charge on any atom is -0.288 e. The molecule has 0 N–H and O–H groups in total. The molecule has 0 spiro atoms. The number of allylic oxidation sites excluding steroid dienone is 2. The van der Waals surface area contributed by atoms with Crippen molar-refractivity contribution in [2.75, 3.05) is 6.54 Å². The van der Waals surface area contributed by atoms with Crippen molar-refractivity contribution < 1.29 is 0 Å². The summed E-state index contributed by atoms with van der Waals surface area (Å²) < 4.78 is 0.0643. The van der Waals surface area contributed by atoms with E-state index in [0.717, 1.165) is 6.54 Å². The quantitative estimate of drug-likeness (QED) is 0.578. The molecule has 0 aromatic rings. The van der Waals surface area contributed by atoms with Crippen molar-refractivity contribution in [2.45, 2.75) is 25.5 Å². The summed E-state index contributed by atoms with van der Waals surface area (Å²) in [5.74, 6) is 0.474. The van der Waals surface area contributed by atoms with Crippen molar-refractivity contribution in [1.29, 1.82) is 0 Å². The van der Waals surface area contributed by atoms with Crippen LogP contribution in [0.4, 0.5) is 0 Å². The molecular weight excluding hydrogens is 154 g/mol. The van der Waals surface area contributed by atoms with Crippen LogP contribution >= 0.6 is 12.6 Å². The lowest BCUT2D eigenvalue weighted by Crippen LogP contribution is -2.27. The third-order valence-corrected chi connectivity index (χ3v) is 2.82. The van der Waals surface area contributed by atoms with Crippen LogP contribution in [0.1, 0.15) is 20.8 Å². The Labute approximate surface area is 74.0 Å².